The summed E-state index contributed by atoms with van der Waals surface area (Å²) in [6, 6.07) is 0. The van der Waals surface area contributed by atoms with Crippen LogP contribution < -0.4 is 15.5 Å². The lowest BCUT2D eigenvalue weighted by Gasteiger charge is -2.14. The zero-order chi connectivity index (χ0) is 10.5. The van der Waals surface area contributed by atoms with E-state index in [-0.39, 0.29) is 6.54 Å². The molecule has 2 atom stereocenters. The second-order valence-electron chi connectivity index (χ2n) is 1.88. The van der Waals surface area contributed by atoms with Crippen LogP contribution in [0.5, 0.6) is 0 Å². The van der Waals surface area contributed by atoms with Crippen molar-refractivity contribution in [1.29, 1.82) is 0 Å². The van der Waals surface area contributed by atoms with Crippen LogP contribution in [0, 0.1) is 0 Å². The van der Waals surface area contributed by atoms with Crippen LogP contribution in [0.3, 0.4) is 0 Å². The van der Waals surface area contributed by atoms with E-state index in [4.69, 9.17) is 10.8 Å². The first kappa shape index (κ1) is 13.0. The molecule has 0 radical (unpaired) electrons. The van der Waals surface area contributed by atoms with E-state index in [1.807, 2.05) is 0 Å². The third kappa shape index (κ3) is 6.09. The van der Waals surface area contributed by atoms with E-state index in [2.05, 4.69) is 9.05 Å². The van der Waals surface area contributed by atoms with Crippen LogP contribution in [0.25, 0.3) is 0 Å². The van der Waals surface area contributed by atoms with Gasteiger partial charge in [-0.1, -0.05) is 9.05 Å². The molecule has 76 valence electrons. The van der Waals surface area contributed by atoms with E-state index in [1.165, 1.54) is 0 Å². The van der Waals surface area contributed by atoms with Crippen molar-refractivity contribution >= 4 is 16.5 Å². The summed E-state index contributed by atoms with van der Waals surface area (Å²) < 4.78 is 27.6. The van der Waals surface area contributed by atoms with E-state index in [0.717, 1.165) is 0 Å². The first-order valence-electron chi connectivity index (χ1n) is 2.99. The van der Waals surface area contributed by atoms with Crippen LogP contribution >= 0.6 is 16.5 Å². The molecule has 0 aromatic heterocycles. The minimum absolute atomic E-state index is 0.206. The molecule has 0 aliphatic carbocycles. The third-order valence-corrected chi connectivity index (χ3v) is 1.76. The van der Waals surface area contributed by atoms with Gasteiger partial charge in [0.25, 0.3) is 0 Å². The lowest BCUT2D eigenvalue weighted by molar-refractivity contribution is -0.318. The SMILES string of the molecule is NCCC(O)(O[P+](=O)[O-])O[P+](=O)[O-]. The molecule has 0 aromatic rings. The summed E-state index contributed by atoms with van der Waals surface area (Å²) in [6.45, 7) is -0.206. The molecule has 0 aliphatic rings. The molecule has 0 fully saturated rings. The van der Waals surface area contributed by atoms with Crippen LogP contribution in [0.15, 0.2) is 0 Å². The number of hydrogen-bond acceptors (Lipinski definition) is 8. The second kappa shape index (κ2) is 5.64. The smallest absolute Gasteiger partial charge is 0.494 e. The maximum Gasteiger partial charge on any atom is 0.494 e. The monoisotopic (exact) mass is 231 g/mol. The Kier molecular flexibility index (Phi) is 5.62. The summed E-state index contributed by atoms with van der Waals surface area (Å²) in [5.41, 5.74) is 4.95. The molecule has 0 amide bonds. The van der Waals surface area contributed by atoms with Crippen LogP contribution in [-0.2, 0) is 18.2 Å². The minimum atomic E-state index is -3.43. The molecule has 0 bridgehead atoms. The average Bonchev–Trinajstić information content (AvgIpc) is 1.81. The Morgan fingerprint density at radius 1 is 1.31 bits per heavy atom. The fourth-order valence-electron chi connectivity index (χ4n) is 0.523. The van der Waals surface area contributed by atoms with Gasteiger partial charge in [0.15, 0.2) is 0 Å². The lowest BCUT2D eigenvalue weighted by Crippen LogP contribution is -2.35. The van der Waals surface area contributed by atoms with Gasteiger partial charge in [-0.2, -0.15) is 0 Å². The summed E-state index contributed by atoms with van der Waals surface area (Å²) in [5.74, 6) is -2.72. The molecular weight excluding hydrogens is 224 g/mol. The first-order valence-corrected chi connectivity index (χ1v) is 5.18. The van der Waals surface area contributed by atoms with E-state index in [9.17, 15) is 18.9 Å². The normalized spacial score (nSPS) is 17.8. The van der Waals surface area contributed by atoms with Crippen LogP contribution in [0.4, 0.5) is 0 Å². The average molecular weight is 231 g/mol. The fourth-order valence-corrected chi connectivity index (χ4v) is 1.31. The predicted molar refractivity (Wildman–Crippen MR) is 36.0 cm³/mol. The Balaban J connectivity index is 4.32. The zero-order valence-electron chi connectivity index (χ0n) is 6.28. The highest BCUT2D eigenvalue weighted by Crippen LogP contribution is 2.31. The minimum Gasteiger partial charge on any atom is -0.566 e. The van der Waals surface area contributed by atoms with Crippen molar-refractivity contribution in [2.24, 2.45) is 5.73 Å². The van der Waals surface area contributed by atoms with E-state index < -0.39 is 28.9 Å². The molecule has 10 heteroatoms. The third-order valence-electron chi connectivity index (χ3n) is 0.895. The summed E-state index contributed by atoms with van der Waals surface area (Å²) in [5, 5.41) is 9.06. The van der Waals surface area contributed by atoms with Gasteiger partial charge in [-0.15, -0.1) is 0 Å². The second-order valence-corrected chi connectivity index (χ2v) is 3.14. The predicted octanol–water partition coefficient (Wildman–Crippen LogP) is -1.95. The van der Waals surface area contributed by atoms with Gasteiger partial charge in [0.1, 0.15) is 0 Å². The number of rotatable bonds is 6. The summed E-state index contributed by atoms with van der Waals surface area (Å²) in [7, 11) is -6.86. The van der Waals surface area contributed by atoms with Crippen molar-refractivity contribution in [1.82, 2.24) is 0 Å². The van der Waals surface area contributed by atoms with Gasteiger partial charge in [-0.3, -0.25) is 0 Å². The van der Waals surface area contributed by atoms with Gasteiger partial charge in [-0.25, -0.2) is 0 Å². The Morgan fingerprint density at radius 3 is 1.92 bits per heavy atom. The van der Waals surface area contributed by atoms with Crippen LogP contribution in [-0.4, -0.2) is 17.6 Å². The zero-order valence-corrected chi connectivity index (χ0v) is 8.07. The Hall–Kier alpha value is -0.0400. The molecule has 3 N–H and O–H groups in total. The van der Waals surface area contributed by atoms with Gasteiger partial charge in [0, 0.05) is 13.0 Å². The highest BCUT2D eigenvalue weighted by Gasteiger charge is 2.42. The van der Waals surface area contributed by atoms with Gasteiger partial charge in [-0.05, 0) is 9.13 Å². The molecule has 0 aromatic carbocycles. The molecular formula is C3H7NO7P2. The molecule has 13 heavy (non-hydrogen) atoms. The van der Waals surface area contributed by atoms with E-state index in [0.29, 0.717) is 0 Å². The van der Waals surface area contributed by atoms with E-state index >= 15 is 0 Å². The van der Waals surface area contributed by atoms with Crippen molar-refractivity contribution in [3.8, 4) is 0 Å². The fraction of sp³-hybridized carbons (Fsp3) is 1.00. The molecule has 0 rings (SSSR count). The van der Waals surface area contributed by atoms with Crippen molar-refractivity contribution in [3.63, 3.8) is 0 Å². The van der Waals surface area contributed by atoms with Gasteiger partial charge in [0.05, 0.1) is 0 Å². The van der Waals surface area contributed by atoms with Crippen molar-refractivity contribution in [2.45, 2.75) is 12.4 Å². The lowest BCUT2D eigenvalue weighted by atomic mass is 10.4. The maximum atomic E-state index is 10.0. The Bertz CT molecular complexity index is 192. The summed E-state index contributed by atoms with van der Waals surface area (Å²) in [6.07, 6.45) is -0.486. The highest BCUT2D eigenvalue weighted by atomic mass is 31.1. The largest absolute Gasteiger partial charge is 0.566 e. The molecule has 0 saturated heterocycles. The molecule has 0 aliphatic heterocycles. The Labute approximate surface area is 75.2 Å². The summed E-state index contributed by atoms with van der Waals surface area (Å²) in [4.78, 5) is 20.0. The highest BCUT2D eigenvalue weighted by molar-refractivity contribution is 7.31. The van der Waals surface area contributed by atoms with Crippen LogP contribution in [0.1, 0.15) is 6.42 Å². The molecule has 0 saturated carbocycles. The number of nitrogens with two attached hydrogens (primary N) is 1. The van der Waals surface area contributed by atoms with E-state index in [1.54, 1.807) is 0 Å². The first-order chi connectivity index (χ1) is 5.89. The Morgan fingerprint density at radius 2 is 1.69 bits per heavy atom. The summed E-state index contributed by atoms with van der Waals surface area (Å²) >= 11 is 0. The van der Waals surface area contributed by atoms with Gasteiger partial charge >= 0.3 is 22.5 Å². The van der Waals surface area contributed by atoms with Crippen molar-refractivity contribution < 1.29 is 33.1 Å². The molecule has 8 nitrogen and oxygen atoms in total. The number of hydrogen-bond donors (Lipinski definition) is 2. The van der Waals surface area contributed by atoms with Crippen molar-refractivity contribution in [3.05, 3.63) is 0 Å². The van der Waals surface area contributed by atoms with Crippen LogP contribution in [0.2, 0.25) is 0 Å². The quantitative estimate of drug-likeness (QED) is 0.396. The van der Waals surface area contributed by atoms with Gasteiger partial charge < -0.3 is 20.6 Å². The maximum absolute atomic E-state index is 10.0. The standard InChI is InChI=1S/C3H7NO7P2/c4-2-1-3(5,10-12(6)7)11-13(8)9/h5H,1-2,4H2. The number of aliphatic hydroxyl groups is 1. The molecule has 0 spiro atoms. The molecule has 0 heterocycles. The molecule has 2 unspecified atom stereocenters. The van der Waals surface area contributed by atoms with Gasteiger partial charge in [0.2, 0.25) is 0 Å². The van der Waals surface area contributed by atoms with Crippen molar-refractivity contribution in [2.75, 3.05) is 6.54 Å². The topological polar surface area (TPSA) is 145 Å².